The minimum atomic E-state index is -4.01. The van der Waals surface area contributed by atoms with Crippen LogP contribution in [0.4, 0.5) is 0 Å². The molecule has 6 nitrogen and oxygen atoms in total. The fourth-order valence-electron chi connectivity index (χ4n) is 4.12. The van der Waals surface area contributed by atoms with Crippen molar-refractivity contribution in [3.05, 3.63) is 24.3 Å². The number of hydrogen-bond donors (Lipinski definition) is 2. The zero-order chi connectivity index (χ0) is 20.9. The van der Waals surface area contributed by atoms with E-state index in [9.17, 15) is 18.4 Å². The molecule has 1 aromatic carbocycles. The molecule has 0 atom stereocenters. The number of rotatable bonds is 6. The molecule has 1 aliphatic carbocycles. The summed E-state index contributed by atoms with van der Waals surface area (Å²) < 4.78 is 25.3. The molecule has 0 spiro atoms. The number of carbonyl (C=O) groups is 1. The van der Waals surface area contributed by atoms with Crippen molar-refractivity contribution in [2.24, 2.45) is 0 Å². The van der Waals surface area contributed by atoms with Crippen LogP contribution in [0.5, 0.6) is 0 Å². The standard InChI is InChI=1S/C21H28N2O4S2/c1-2-16-23(25)20(24)21(12-14-22-15-13-21)29(26,27)19-10-8-18(9-11-19)28-17-6-4-3-5-7-17/h1,8-11,17,22,25H,3-7,12-16H2. The molecule has 1 heterocycles. The lowest BCUT2D eigenvalue weighted by Crippen LogP contribution is -2.58. The van der Waals surface area contributed by atoms with E-state index in [1.807, 2.05) is 12.1 Å². The SMILES string of the molecule is C#CCN(O)C(=O)C1(S(=O)(=O)c2ccc(SC3CCCCC3)cc2)CCNCC1. The van der Waals surface area contributed by atoms with E-state index in [2.05, 4.69) is 11.2 Å². The largest absolute Gasteiger partial charge is 0.317 e. The summed E-state index contributed by atoms with van der Waals surface area (Å²) in [5.74, 6) is 1.33. The summed E-state index contributed by atoms with van der Waals surface area (Å²) in [6.45, 7) is 0.412. The van der Waals surface area contributed by atoms with Crippen LogP contribution >= 0.6 is 11.8 Å². The van der Waals surface area contributed by atoms with E-state index in [0.29, 0.717) is 23.4 Å². The Balaban J connectivity index is 1.86. The Bertz CT molecular complexity index is 850. The highest BCUT2D eigenvalue weighted by molar-refractivity contribution is 8.00. The third kappa shape index (κ3) is 4.64. The number of sulfone groups is 1. The Morgan fingerprint density at radius 3 is 2.41 bits per heavy atom. The van der Waals surface area contributed by atoms with E-state index in [1.54, 1.807) is 23.9 Å². The molecule has 2 fully saturated rings. The number of hydrogen-bond acceptors (Lipinski definition) is 6. The summed E-state index contributed by atoms with van der Waals surface area (Å²) in [4.78, 5) is 14.1. The number of terminal acetylenes is 1. The van der Waals surface area contributed by atoms with Gasteiger partial charge < -0.3 is 5.32 Å². The molecule has 1 aromatic rings. The average Bonchev–Trinajstić information content (AvgIpc) is 2.75. The number of hydroxylamine groups is 2. The van der Waals surface area contributed by atoms with Crippen LogP contribution in [0.1, 0.15) is 44.9 Å². The van der Waals surface area contributed by atoms with E-state index < -0.39 is 20.5 Å². The summed E-state index contributed by atoms with van der Waals surface area (Å²) in [5.41, 5.74) is 0. The van der Waals surface area contributed by atoms with Crippen LogP contribution in [0.25, 0.3) is 0 Å². The van der Waals surface area contributed by atoms with Gasteiger partial charge in [-0.2, -0.15) is 0 Å². The third-order valence-electron chi connectivity index (χ3n) is 5.78. The van der Waals surface area contributed by atoms with E-state index in [0.717, 1.165) is 4.90 Å². The predicted octanol–water partition coefficient (Wildman–Crippen LogP) is 2.86. The van der Waals surface area contributed by atoms with Gasteiger partial charge in [-0.15, -0.1) is 18.2 Å². The molecule has 1 saturated heterocycles. The molecule has 0 radical (unpaired) electrons. The van der Waals surface area contributed by atoms with Crippen LogP contribution in [-0.4, -0.2) is 54.2 Å². The van der Waals surface area contributed by atoms with Gasteiger partial charge in [0.05, 0.1) is 4.90 Å². The second-order valence-corrected chi connectivity index (χ2v) is 11.3. The summed E-state index contributed by atoms with van der Waals surface area (Å²) in [6.07, 6.45) is 11.5. The molecule has 8 heteroatoms. The second kappa shape index (κ2) is 9.52. The molecule has 0 unspecified atom stereocenters. The first-order valence-corrected chi connectivity index (χ1v) is 12.4. The molecule has 29 heavy (non-hydrogen) atoms. The van der Waals surface area contributed by atoms with Crippen LogP contribution < -0.4 is 5.32 Å². The predicted molar refractivity (Wildman–Crippen MR) is 114 cm³/mol. The van der Waals surface area contributed by atoms with E-state index in [1.165, 1.54) is 32.1 Å². The normalized spacial score (nSPS) is 20.0. The fourth-order valence-corrected chi connectivity index (χ4v) is 7.39. The first-order valence-electron chi connectivity index (χ1n) is 10.1. The molecule has 0 bridgehead atoms. The number of thioether (sulfide) groups is 1. The fraction of sp³-hybridized carbons (Fsp3) is 0.571. The monoisotopic (exact) mass is 436 g/mol. The summed E-state index contributed by atoms with van der Waals surface area (Å²) >= 11 is 1.79. The summed E-state index contributed by atoms with van der Waals surface area (Å²) in [6, 6.07) is 6.81. The Hall–Kier alpha value is -1.53. The Labute approximate surface area is 177 Å². The molecule has 158 valence electrons. The highest BCUT2D eigenvalue weighted by atomic mass is 32.2. The topological polar surface area (TPSA) is 86.7 Å². The van der Waals surface area contributed by atoms with Gasteiger partial charge in [0.2, 0.25) is 0 Å². The molecule has 3 rings (SSSR count). The molecular weight excluding hydrogens is 408 g/mol. The van der Waals surface area contributed by atoms with Crippen molar-refractivity contribution in [3.8, 4) is 12.3 Å². The van der Waals surface area contributed by atoms with Crippen molar-refractivity contribution in [2.75, 3.05) is 19.6 Å². The smallest absolute Gasteiger partial charge is 0.268 e. The highest BCUT2D eigenvalue weighted by Crippen LogP contribution is 2.37. The highest BCUT2D eigenvalue weighted by Gasteiger charge is 2.53. The van der Waals surface area contributed by atoms with Crippen molar-refractivity contribution < 1.29 is 18.4 Å². The van der Waals surface area contributed by atoms with E-state index in [-0.39, 0.29) is 24.3 Å². The molecule has 0 aromatic heterocycles. The zero-order valence-corrected chi connectivity index (χ0v) is 18.1. The lowest BCUT2D eigenvalue weighted by Gasteiger charge is -2.37. The van der Waals surface area contributed by atoms with Gasteiger partial charge >= 0.3 is 0 Å². The lowest BCUT2D eigenvalue weighted by molar-refractivity contribution is -0.166. The van der Waals surface area contributed by atoms with Crippen molar-refractivity contribution in [2.45, 2.75) is 64.7 Å². The van der Waals surface area contributed by atoms with E-state index >= 15 is 0 Å². The minimum Gasteiger partial charge on any atom is -0.317 e. The van der Waals surface area contributed by atoms with Gasteiger partial charge in [-0.3, -0.25) is 10.0 Å². The Kier molecular flexibility index (Phi) is 7.28. The van der Waals surface area contributed by atoms with Crippen LogP contribution in [0.15, 0.2) is 34.1 Å². The van der Waals surface area contributed by atoms with Gasteiger partial charge in [0, 0.05) is 10.1 Å². The molecule has 2 aliphatic rings. The maximum Gasteiger partial charge on any atom is 0.268 e. The lowest BCUT2D eigenvalue weighted by atomic mass is 9.95. The van der Waals surface area contributed by atoms with Gasteiger partial charge in [-0.25, -0.2) is 13.5 Å². The minimum absolute atomic E-state index is 0.0916. The summed E-state index contributed by atoms with van der Waals surface area (Å²) in [7, 11) is -4.01. The molecule has 1 amide bonds. The number of carbonyl (C=O) groups excluding carboxylic acids is 1. The number of nitrogens with zero attached hydrogens (tertiary/aromatic N) is 1. The van der Waals surface area contributed by atoms with Gasteiger partial charge in [-0.1, -0.05) is 25.2 Å². The number of benzene rings is 1. The van der Waals surface area contributed by atoms with Crippen LogP contribution in [0, 0.1) is 12.3 Å². The third-order valence-corrected chi connectivity index (χ3v) is 9.63. The van der Waals surface area contributed by atoms with Gasteiger partial charge in [-0.05, 0) is 63.0 Å². The van der Waals surface area contributed by atoms with E-state index in [4.69, 9.17) is 6.42 Å². The molecule has 1 aliphatic heterocycles. The quantitative estimate of drug-likeness (QED) is 0.405. The van der Waals surface area contributed by atoms with Crippen molar-refractivity contribution in [3.63, 3.8) is 0 Å². The first-order chi connectivity index (χ1) is 13.9. The van der Waals surface area contributed by atoms with Gasteiger partial charge in [0.15, 0.2) is 14.6 Å². The first kappa shape index (κ1) is 22.2. The Morgan fingerprint density at radius 2 is 1.83 bits per heavy atom. The average molecular weight is 437 g/mol. The van der Waals surface area contributed by atoms with Crippen LogP contribution in [0.3, 0.4) is 0 Å². The van der Waals surface area contributed by atoms with Crippen LogP contribution in [0.2, 0.25) is 0 Å². The van der Waals surface area contributed by atoms with Gasteiger partial charge in [0.25, 0.3) is 5.91 Å². The van der Waals surface area contributed by atoms with Crippen molar-refractivity contribution in [1.29, 1.82) is 0 Å². The number of amides is 1. The summed E-state index contributed by atoms with van der Waals surface area (Å²) in [5, 5.41) is 14.0. The van der Waals surface area contributed by atoms with Crippen molar-refractivity contribution in [1.82, 2.24) is 10.4 Å². The maximum atomic E-state index is 13.5. The zero-order valence-electron chi connectivity index (χ0n) is 16.5. The number of piperidine rings is 1. The molecular formula is C21H28N2O4S2. The maximum absolute atomic E-state index is 13.5. The van der Waals surface area contributed by atoms with Gasteiger partial charge in [0.1, 0.15) is 6.54 Å². The van der Waals surface area contributed by atoms with Crippen molar-refractivity contribution >= 4 is 27.5 Å². The molecule has 1 saturated carbocycles. The number of nitrogens with one attached hydrogen (secondary N) is 1. The van der Waals surface area contributed by atoms with Crippen LogP contribution in [-0.2, 0) is 14.6 Å². The second-order valence-electron chi connectivity index (χ2n) is 7.66. The molecule has 2 N–H and O–H groups in total. The Morgan fingerprint density at radius 1 is 1.21 bits per heavy atom.